The topological polar surface area (TPSA) is 26.3 Å². The third kappa shape index (κ3) is 8.04. The van der Waals surface area contributed by atoms with Crippen LogP contribution in [0.4, 0.5) is 0 Å². The fourth-order valence-corrected chi connectivity index (χ4v) is 0.903. The maximum atomic E-state index is 10.7. The summed E-state index contributed by atoms with van der Waals surface area (Å²) in [6.07, 6.45) is 0.0138. The average Bonchev–Trinajstić information content (AvgIpc) is 2.18. The molecule has 1 aromatic rings. The molecule has 1 rings (SSSR count). The summed E-state index contributed by atoms with van der Waals surface area (Å²) < 4.78 is 4.87. The Morgan fingerprint density at radius 3 is 1.75 bits per heavy atom. The molecule has 0 radical (unpaired) electrons. The van der Waals surface area contributed by atoms with Crippen molar-refractivity contribution in [3.05, 3.63) is 35.9 Å². The molecule has 0 aliphatic rings. The predicted octanol–water partition coefficient (Wildman–Crippen LogP) is 3.59. The van der Waals surface area contributed by atoms with Crippen LogP contribution in [0.1, 0.15) is 33.3 Å². The van der Waals surface area contributed by atoms with Crippen LogP contribution in [0.15, 0.2) is 30.3 Å². The summed E-state index contributed by atoms with van der Waals surface area (Å²) in [6, 6.07) is 10.3. The molecule has 0 N–H and O–H groups in total. The lowest BCUT2D eigenvalue weighted by Gasteiger charge is -2.08. The molecule has 90 valence electrons. The summed E-state index contributed by atoms with van der Waals surface area (Å²) >= 11 is 0. The van der Waals surface area contributed by atoms with E-state index in [1.54, 1.807) is 0 Å². The van der Waals surface area contributed by atoms with Gasteiger partial charge in [-0.05, 0) is 20.8 Å². The van der Waals surface area contributed by atoms with Gasteiger partial charge in [0.25, 0.3) is 0 Å². The standard InChI is InChI=1S/C7H14O2.C7H8/c1-5(2)7(8)9-6(3)4;1-7-5-3-2-4-6-7/h5-6H,1-4H3;2-6H,1H3. The highest BCUT2D eigenvalue weighted by Gasteiger charge is 2.08. The number of benzene rings is 1. The highest BCUT2D eigenvalue weighted by Crippen LogP contribution is 1.98. The van der Waals surface area contributed by atoms with E-state index in [1.807, 2.05) is 45.9 Å². The van der Waals surface area contributed by atoms with Gasteiger partial charge in [0.1, 0.15) is 0 Å². The van der Waals surface area contributed by atoms with Crippen molar-refractivity contribution in [1.82, 2.24) is 0 Å². The largest absolute Gasteiger partial charge is 0.463 e. The molecule has 0 heterocycles. The van der Waals surface area contributed by atoms with Crippen LogP contribution < -0.4 is 0 Å². The average molecular weight is 222 g/mol. The van der Waals surface area contributed by atoms with Gasteiger partial charge in [-0.1, -0.05) is 49.7 Å². The minimum atomic E-state index is -0.120. The number of esters is 1. The summed E-state index contributed by atoms with van der Waals surface area (Å²) in [5.41, 5.74) is 1.32. The molecule has 0 aliphatic carbocycles. The molecule has 0 saturated heterocycles. The van der Waals surface area contributed by atoms with Gasteiger partial charge in [-0.3, -0.25) is 4.79 Å². The van der Waals surface area contributed by atoms with Gasteiger partial charge in [0.2, 0.25) is 0 Å². The van der Waals surface area contributed by atoms with Gasteiger partial charge in [-0.15, -0.1) is 0 Å². The Morgan fingerprint density at radius 2 is 1.56 bits per heavy atom. The third-order valence-electron chi connectivity index (χ3n) is 1.76. The summed E-state index contributed by atoms with van der Waals surface area (Å²) in [4.78, 5) is 10.7. The molecule has 0 aliphatic heterocycles. The minimum absolute atomic E-state index is 0.00704. The zero-order valence-electron chi connectivity index (χ0n) is 10.9. The third-order valence-corrected chi connectivity index (χ3v) is 1.76. The quantitative estimate of drug-likeness (QED) is 0.715. The van der Waals surface area contributed by atoms with Gasteiger partial charge >= 0.3 is 5.97 Å². The van der Waals surface area contributed by atoms with Crippen molar-refractivity contribution in [2.45, 2.75) is 40.7 Å². The second kappa shape index (κ2) is 7.91. The summed E-state index contributed by atoms with van der Waals surface area (Å²) in [7, 11) is 0. The van der Waals surface area contributed by atoms with Crippen LogP contribution in [0.5, 0.6) is 0 Å². The normalized spacial score (nSPS) is 9.69. The Morgan fingerprint density at radius 1 is 1.06 bits per heavy atom. The van der Waals surface area contributed by atoms with Crippen LogP contribution in [0.3, 0.4) is 0 Å². The Labute approximate surface area is 98.6 Å². The van der Waals surface area contributed by atoms with Gasteiger partial charge in [-0.2, -0.15) is 0 Å². The van der Waals surface area contributed by atoms with Gasteiger partial charge < -0.3 is 4.74 Å². The molecule has 0 saturated carbocycles. The van der Waals surface area contributed by atoms with Crippen LogP contribution in [0.25, 0.3) is 0 Å². The van der Waals surface area contributed by atoms with E-state index in [0.29, 0.717) is 0 Å². The van der Waals surface area contributed by atoms with E-state index in [2.05, 4.69) is 19.1 Å². The van der Waals surface area contributed by atoms with Crippen LogP contribution in [0.2, 0.25) is 0 Å². The molecule has 0 bridgehead atoms. The van der Waals surface area contributed by atoms with Crippen molar-refractivity contribution in [3.8, 4) is 0 Å². The number of carbonyl (C=O) groups excluding carboxylic acids is 1. The van der Waals surface area contributed by atoms with E-state index in [4.69, 9.17) is 4.74 Å². The Kier molecular flexibility index (Phi) is 7.27. The second-order valence-corrected chi connectivity index (χ2v) is 4.30. The molecule has 16 heavy (non-hydrogen) atoms. The number of hydrogen-bond acceptors (Lipinski definition) is 2. The number of rotatable bonds is 2. The first-order valence-electron chi connectivity index (χ1n) is 5.65. The van der Waals surface area contributed by atoms with Crippen LogP contribution in [-0.4, -0.2) is 12.1 Å². The maximum Gasteiger partial charge on any atom is 0.308 e. The van der Waals surface area contributed by atoms with Crippen molar-refractivity contribution in [2.75, 3.05) is 0 Å². The van der Waals surface area contributed by atoms with Crippen molar-refractivity contribution >= 4 is 5.97 Å². The molecule has 0 fully saturated rings. The van der Waals surface area contributed by atoms with Crippen molar-refractivity contribution in [2.24, 2.45) is 5.92 Å². The highest BCUT2D eigenvalue weighted by molar-refractivity contribution is 5.71. The molecule has 0 unspecified atom stereocenters. The van der Waals surface area contributed by atoms with Gasteiger partial charge in [0, 0.05) is 0 Å². The predicted molar refractivity (Wildman–Crippen MR) is 67.2 cm³/mol. The molecule has 1 aromatic carbocycles. The molecular formula is C14H22O2. The molecule has 0 amide bonds. The summed E-state index contributed by atoms with van der Waals surface area (Å²) in [6.45, 7) is 9.43. The molecule has 2 nitrogen and oxygen atoms in total. The van der Waals surface area contributed by atoms with E-state index < -0.39 is 0 Å². The summed E-state index contributed by atoms with van der Waals surface area (Å²) in [5, 5.41) is 0. The minimum Gasteiger partial charge on any atom is -0.463 e. The van der Waals surface area contributed by atoms with E-state index in [9.17, 15) is 4.79 Å². The maximum absolute atomic E-state index is 10.7. The first-order chi connectivity index (χ1) is 7.43. The Bertz CT molecular complexity index is 289. The molecule has 0 aromatic heterocycles. The van der Waals surface area contributed by atoms with E-state index in [1.165, 1.54) is 5.56 Å². The smallest absolute Gasteiger partial charge is 0.308 e. The van der Waals surface area contributed by atoms with Gasteiger partial charge in [0.15, 0.2) is 0 Å². The zero-order valence-corrected chi connectivity index (χ0v) is 10.9. The number of ether oxygens (including phenoxy) is 1. The summed E-state index contributed by atoms with van der Waals surface area (Å²) in [5.74, 6) is -0.127. The fraction of sp³-hybridized carbons (Fsp3) is 0.500. The molecule has 0 atom stereocenters. The van der Waals surface area contributed by atoms with E-state index in [-0.39, 0.29) is 18.0 Å². The van der Waals surface area contributed by atoms with Crippen LogP contribution in [-0.2, 0) is 9.53 Å². The first kappa shape index (κ1) is 14.7. The zero-order chi connectivity index (χ0) is 12.6. The van der Waals surface area contributed by atoms with Crippen molar-refractivity contribution in [1.29, 1.82) is 0 Å². The monoisotopic (exact) mass is 222 g/mol. The van der Waals surface area contributed by atoms with Gasteiger partial charge in [-0.25, -0.2) is 0 Å². The van der Waals surface area contributed by atoms with Crippen molar-refractivity contribution < 1.29 is 9.53 Å². The fourth-order valence-electron chi connectivity index (χ4n) is 0.903. The highest BCUT2D eigenvalue weighted by atomic mass is 16.5. The first-order valence-corrected chi connectivity index (χ1v) is 5.65. The lowest BCUT2D eigenvalue weighted by atomic mass is 10.2. The van der Waals surface area contributed by atoms with Gasteiger partial charge in [0.05, 0.1) is 12.0 Å². The van der Waals surface area contributed by atoms with E-state index >= 15 is 0 Å². The Hall–Kier alpha value is -1.31. The van der Waals surface area contributed by atoms with Crippen LogP contribution >= 0.6 is 0 Å². The number of hydrogen-bond donors (Lipinski definition) is 0. The Balaban J connectivity index is 0.000000288. The lowest BCUT2D eigenvalue weighted by Crippen LogP contribution is -2.16. The van der Waals surface area contributed by atoms with Crippen LogP contribution in [0, 0.1) is 12.8 Å². The molecule has 2 heteroatoms. The van der Waals surface area contributed by atoms with E-state index in [0.717, 1.165) is 0 Å². The number of aryl methyl sites for hydroxylation is 1. The lowest BCUT2D eigenvalue weighted by molar-refractivity contribution is -0.151. The second-order valence-electron chi connectivity index (χ2n) is 4.30. The number of carbonyl (C=O) groups is 1. The van der Waals surface area contributed by atoms with Crippen molar-refractivity contribution in [3.63, 3.8) is 0 Å². The molecular weight excluding hydrogens is 200 g/mol. The molecule has 0 spiro atoms. The SMILES string of the molecule is CC(C)OC(=O)C(C)C.Cc1ccccc1.